The van der Waals surface area contributed by atoms with E-state index in [0.717, 1.165) is 6.42 Å². The third kappa shape index (κ3) is 4.19. The number of benzene rings is 1. The van der Waals surface area contributed by atoms with Crippen molar-refractivity contribution in [3.8, 4) is 6.07 Å². The van der Waals surface area contributed by atoms with Gasteiger partial charge in [-0.3, -0.25) is 9.59 Å². The van der Waals surface area contributed by atoms with E-state index in [-0.39, 0.29) is 16.8 Å². The zero-order chi connectivity index (χ0) is 19.3. The van der Waals surface area contributed by atoms with Crippen molar-refractivity contribution in [2.24, 2.45) is 0 Å². The Morgan fingerprint density at radius 1 is 1.19 bits per heavy atom. The molecule has 2 aromatic rings. The number of halogens is 1. The number of pyridine rings is 1. The van der Waals surface area contributed by atoms with Crippen molar-refractivity contribution in [3.63, 3.8) is 0 Å². The molecule has 0 aliphatic rings. The van der Waals surface area contributed by atoms with Gasteiger partial charge >= 0.3 is 0 Å². The van der Waals surface area contributed by atoms with Crippen molar-refractivity contribution in [2.75, 3.05) is 11.9 Å². The highest BCUT2D eigenvalue weighted by Gasteiger charge is 2.21. The van der Waals surface area contributed by atoms with Gasteiger partial charge in [-0.25, -0.2) is 4.98 Å². The molecule has 26 heavy (non-hydrogen) atoms. The Morgan fingerprint density at radius 3 is 2.58 bits per heavy atom. The van der Waals surface area contributed by atoms with E-state index in [1.807, 2.05) is 13.0 Å². The molecule has 1 aromatic carbocycles. The van der Waals surface area contributed by atoms with Crippen LogP contribution in [0.2, 0.25) is 5.02 Å². The highest BCUT2D eigenvalue weighted by Crippen LogP contribution is 2.27. The lowest BCUT2D eigenvalue weighted by Gasteiger charge is -2.13. The minimum atomic E-state index is -0.527. The predicted octanol–water partition coefficient (Wildman–Crippen LogP) is 3.62. The number of anilines is 1. The smallest absolute Gasteiger partial charge is 0.270 e. The molecule has 0 saturated heterocycles. The SMILES string of the molecule is CCCNC(=O)c1nc(C)ccc1C(=O)Nc1c(C#N)ccc(Cl)c1C. The van der Waals surface area contributed by atoms with Crippen molar-refractivity contribution in [1.82, 2.24) is 10.3 Å². The number of hydrogen-bond acceptors (Lipinski definition) is 4. The van der Waals surface area contributed by atoms with Crippen LogP contribution in [0.25, 0.3) is 0 Å². The summed E-state index contributed by atoms with van der Waals surface area (Å²) >= 11 is 6.09. The van der Waals surface area contributed by atoms with Crippen LogP contribution in [0.1, 0.15) is 51.0 Å². The molecule has 1 aromatic heterocycles. The molecule has 0 saturated carbocycles. The number of nitrogens with zero attached hydrogens (tertiary/aromatic N) is 2. The Balaban J connectivity index is 2.41. The average molecular weight is 371 g/mol. The Hall–Kier alpha value is -2.91. The Labute approximate surface area is 157 Å². The van der Waals surface area contributed by atoms with E-state index in [1.165, 1.54) is 6.07 Å². The zero-order valence-corrected chi connectivity index (χ0v) is 15.6. The standard InChI is InChI=1S/C19H19ClN4O2/c1-4-9-22-19(26)17-14(7-5-11(2)23-17)18(25)24-16-12(3)15(20)8-6-13(16)10-21/h5-8H,4,9H2,1-3H3,(H,22,26)(H,24,25). The van der Waals surface area contributed by atoms with E-state index < -0.39 is 11.8 Å². The van der Waals surface area contributed by atoms with Crippen molar-refractivity contribution in [1.29, 1.82) is 5.26 Å². The predicted molar refractivity (Wildman–Crippen MR) is 100 cm³/mol. The highest BCUT2D eigenvalue weighted by atomic mass is 35.5. The summed E-state index contributed by atoms with van der Waals surface area (Å²) in [5.41, 5.74) is 2.00. The molecule has 0 aliphatic carbocycles. The maximum atomic E-state index is 12.8. The van der Waals surface area contributed by atoms with Gasteiger partial charge in [0.25, 0.3) is 11.8 Å². The third-order valence-electron chi connectivity index (χ3n) is 3.79. The summed E-state index contributed by atoms with van der Waals surface area (Å²) in [5.74, 6) is -0.940. The van der Waals surface area contributed by atoms with Crippen LogP contribution in [0.5, 0.6) is 0 Å². The minimum absolute atomic E-state index is 0.0501. The summed E-state index contributed by atoms with van der Waals surface area (Å²) < 4.78 is 0. The monoisotopic (exact) mass is 370 g/mol. The molecular weight excluding hydrogens is 352 g/mol. The van der Waals surface area contributed by atoms with Gasteiger partial charge in [0.2, 0.25) is 0 Å². The zero-order valence-electron chi connectivity index (χ0n) is 14.8. The Morgan fingerprint density at radius 2 is 1.92 bits per heavy atom. The van der Waals surface area contributed by atoms with Crippen molar-refractivity contribution >= 4 is 29.1 Å². The van der Waals surface area contributed by atoms with Crippen LogP contribution < -0.4 is 10.6 Å². The third-order valence-corrected chi connectivity index (χ3v) is 4.20. The van der Waals surface area contributed by atoms with Gasteiger partial charge < -0.3 is 10.6 Å². The lowest BCUT2D eigenvalue weighted by atomic mass is 10.1. The molecular formula is C19H19ClN4O2. The second-order valence-electron chi connectivity index (χ2n) is 5.77. The molecule has 2 rings (SSSR count). The van der Waals surface area contributed by atoms with Crippen LogP contribution in [0.15, 0.2) is 24.3 Å². The van der Waals surface area contributed by atoms with Gasteiger partial charge in [0.15, 0.2) is 0 Å². The maximum Gasteiger partial charge on any atom is 0.270 e. The molecule has 0 unspecified atom stereocenters. The average Bonchev–Trinajstić information content (AvgIpc) is 2.63. The number of carbonyl (C=O) groups is 2. The van der Waals surface area contributed by atoms with Gasteiger partial charge in [-0.05, 0) is 50.1 Å². The maximum absolute atomic E-state index is 12.8. The van der Waals surface area contributed by atoms with Gasteiger partial charge in [-0.1, -0.05) is 18.5 Å². The van der Waals surface area contributed by atoms with E-state index in [2.05, 4.69) is 15.6 Å². The molecule has 0 bridgehead atoms. The van der Waals surface area contributed by atoms with E-state index in [1.54, 1.807) is 32.0 Å². The molecule has 1 heterocycles. The normalized spacial score (nSPS) is 10.1. The van der Waals surface area contributed by atoms with Crippen LogP contribution in [-0.4, -0.2) is 23.3 Å². The first kappa shape index (κ1) is 19.4. The molecule has 0 radical (unpaired) electrons. The summed E-state index contributed by atoms with van der Waals surface area (Å²) in [6.45, 7) is 5.87. The fraction of sp³-hybridized carbons (Fsp3) is 0.263. The number of carbonyl (C=O) groups excluding carboxylic acids is 2. The molecule has 7 heteroatoms. The number of nitrogens with one attached hydrogen (secondary N) is 2. The van der Waals surface area contributed by atoms with Gasteiger partial charge in [0.1, 0.15) is 11.8 Å². The molecule has 6 nitrogen and oxygen atoms in total. The lowest BCUT2D eigenvalue weighted by Crippen LogP contribution is -2.28. The number of aromatic nitrogens is 1. The first-order chi connectivity index (χ1) is 12.4. The molecule has 134 valence electrons. The summed E-state index contributed by atoms with van der Waals surface area (Å²) in [4.78, 5) is 29.3. The summed E-state index contributed by atoms with van der Waals surface area (Å²) in [6.07, 6.45) is 0.770. The number of rotatable bonds is 5. The number of aryl methyl sites for hydroxylation is 1. The molecule has 0 atom stereocenters. The van der Waals surface area contributed by atoms with E-state index in [9.17, 15) is 14.9 Å². The second kappa shape index (κ2) is 8.45. The molecule has 0 spiro atoms. The van der Waals surface area contributed by atoms with Crippen molar-refractivity contribution in [3.05, 3.63) is 57.4 Å². The van der Waals surface area contributed by atoms with E-state index >= 15 is 0 Å². The largest absolute Gasteiger partial charge is 0.351 e. The quantitative estimate of drug-likeness (QED) is 0.840. The van der Waals surface area contributed by atoms with Gasteiger partial charge in [-0.15, -0.1) is 0 Å². The van der Waals surface area contributed by atoms with Crippen LogP contribution in [0.4, 0.5) is 5.69 Å². The minimum Gasteiger partial charge on any atom is -0.351 e. The van der Waals surface area contributed by atoms with Gasteiger partial charge in [0.05, 0.1) is 16.8 Å². The Kier molecular flexibility index (Phi) is 6.31. The van der Waals surface area contributed by atoms with Gasteiger partial charge in [-0.2, -0.15) is 5.26 Å². The van der Waals surface area contributed by atoms with Crippen LogP contribution in [-0.2, 0) is 0 Å². The van der Waals surface area contributed by atoms with E-state index in [4.69, 9.17) is 11.6 Å². The first-order valence-electron chi connectivity index (χ1n) is 8.15. The number of amides is 2. The number of nitriles is 1. The van der Waals surface area contributed by atoms with Crippen molar-refractivity contribution < 1.29 is 9.59 Å². The van der Waals surface area contributed by atoms with Gasteiger partial charge in [0, 0.05) is 17.3 Å². The summed E-state index contributed by atoms with van der Waals surface area (Å²) in [6, 6.07) is 8.36. The fourth-order valence-corrected chi connectivity index (χ4v) is 2.51. The van der Waals surface area contributed by atoms with Crippen LogP contribution in [0, 0.1) is 25.2 Å². The molecule has 0 fully saturated rings. The van der Waals surface area contributed by atoms with Crippen LogP contribution in [0.3, 0.4) is 0 Å². The lowest BCUT2D eigenvalue weighted by molar-refractivity contribution is 0.0935. The second-order valence-corrected chi connectivity index (χ2v) is 6.17. The summed E-state index contributed by atoms with van der Waals surface area (Å²) in [7, 11) is 0. The summed E-state index contributed by atoms with van der Waals surface area (Å²) in [5, 5.41) is 15.1. The first-order valence-corrected chi connectivity index (χ1v) is 8.53. The van der Waals surface area contributed by atoms with E-state index in [0.29, 0.717) is 28.5 Å². The molecule has 2 N–H and O–H groups in total. The number of hydrogen-bond donors (Lipinski definition) is 2. The topological polar surface area (TPSA) is 94.9 Å². The Bertz CT molecular complexity index is 903. The fourth-order valence-electron chi connectivity index (χ4n) is 2.36. The van der Waals surface area contributed by atoms with Crippen LogP contribution >= 0.6 is 11.6 Å². The highest BCUT2D eigenvalue weighted by molar-refractivity contribution is 6.32. The molecule has 2 amide bonds. The van der Waals surface area contributed by atoms with Crippen molar-refractivity contribution in [2.45, 2.75) is 27.2 Å². The molecule has 0 aliphatic heterocycles.